The zero-order chi connectivity index (χ0) is 21.8. The number of carbonyl (C=O) groups is 1. The highest BCUT2D eigenvalue weighted by atomic mass is 32.2. The molecule has 3 aromatic rings. The molecule has 1 spiro atoms. The molecule has 11 heteroatoms. The molecule has 1 amide bonds. The van der Waals surface area contributed by atoms with E-state index in [0.717, 1.165) is 43.3 Å². The van der Waals surface area contributed by atoms with Crippen LogP contribution in [0.15, 0.2) is 41.4 Å². The first-order valence-electron chi connectivity index (χ1n) is 10.1. The summed E-state index contributed by atoms with van der Waals surface area (Å²) < 4.78 is 25.0. The molecule has 10 nitrogen and oxygen atoms in total. The van der Waals surface area contributed by atoms with Gasteiger partial charge in [-0.2, -0.15) is 4.98 Å². The van der Waals surface area contributed by atoms with E-state index in [-0.39, 0.29) is 10.8 Å². The van der Waals surface area contributed by atoms with Gasteiger partial charge in [0.05, 0.1) is 4.90 Å². The number of primary sulfonamides is 1. The number of carbonyl (C=O) groups excluding carboxylic acids is 1. The van der Waals surface area contributed by atoms with Crippen molar-refractivity contribution in [1.29, 1.82) is 0 Å². The normalized spacial score (nSPS) is 18.1. The van der Waals surface area contributed by atoms with Gasteiger partial charge in [-0.3, -0.25) is 19.8 Å². The van der Waals surface area contributed by atoms with Gasteiger partial charge in [-0.1, -0.05) is 19.3 Å². The largest absolute Gasteiger partial charge is 0.324 e. The van der Waals surface area contributed by atoms with Crippen LogP contribution in [0.1, 0.15) is 32.1 Å². The van der Waals surface area contributed by atoms with E-state index in [1.54, 1.807) is 23.3 Å². The van der Waals surface area contributed by atoms with Crippen LogP contribution >= 0.6 is 0 Å². The molecule has 1 aliphatic carbocycles. The molecule has 1 saturated carbocycles. The summed E-state index contributed by atoms with van der Waals surface area (Å²) in [6, 6.07) is 8.03. The van der Waals surface area contributed by atoms with Crippen LogP contribution in [0.5, 0.6) is 0 Å². The Hall–Kier alpha value is -3.18. The molecule has 4 N–H and O–H groups in total. The van der Waals surface area contributed by atoms with Gasteiger partial charge in [0.1, 0.15) is 17.0 Å². The zero-order valence-corrected chi connectivity index (χ0v) is 17.8. The number of hydrogen-bond acceptors (Lipinski definition) is 7. The first-order valence-corrected chi connectivity index (χ1v) is 11.7. The Bertz CT molecular complexity index is 1280. The highest BCUT2D eigenvalue weighted by Gasteiger charge is 2.47. The van der Waals surface area contributed by atoms with Crippen molar-refractivity contribution in [3.8, 4) is 0 Å². The summed E-state index contributed by atoms with van der Waals surface area (Å²) in [5.41, 5.74) is 3.65. The molecular weight excluding hydrogens is 418 g/mol. The molecule has 3 heterocycles. The number of anilines is 3. The number of benzene rings is 1. The Morgan fingerprint density at radius 1 is 1.16 bits per heavy atom. The molecule has 0 unspecified atom stereocenters. The maximum atomic E-state index is 13.1. The molecule has 31 heavy (non-hydrogen) atoms. The number of nitrogens with one attached hydrogen (secondary N) is 2. The fraction of sp³-hybridized carbons (Fsp3) is 0.350. The molecule has 0 bridgehead atoms. The maximum absolute atomic E-state index is 13.1. The van der Waals surface area contributed by atoms with Crippen LogP contribution in [-0.4, -0.2) is 35.9 Å². The number of rotatable bonds is 3. The summed E-state index contributed by atoms with van der Waals surface area (Å²) in [5.74, 6) is 1.23. The summed E-state index contributed by atoms with van der Waals surface area (Å²) in [5, 5.41) is 10.8. The number of sulfonamides is 1. The molecule has 1 aliphatic heterocycles. The fourth-order valence-corrected chi connectivity index (χ4v) is 5.08. The Balaban J connectivity index is 1.57. The number of nitrogens with two attached hydrogens (primary N) is 1. The maximum Gasteiger partial charge on any atom is 0.264 e. The predicted molar refractivity (Wildman–Crippen MR) is 116 cm³/mol. The molecule has 0 saturated heterocycles. The van der Waals surface area contributed by atoms with E-state index in [1.165, 1.54) is 12.1 Å². The lowest BCUT2D eigenvalue weighted by Gasteiger charge is -2.44. The van der Waals surface area contributed by atoms with Crippen molar-refractivity contribution in [3.63, 3.8) is 0 Å². The van der Waals surface area contributed by atoms with E-state index in [4.69, 9.17) is 10.1 Å². The number of aromatic nitrogens is 3. The second-order valence-electron chi connectivity index (χ2n) is 8.10. The number of hydrogen-bond donors (Lipinski definition) is 3. The molecule has 0 radical (unpaired) electrons. The van der Waals surface area contributed by atoms with Gasteiger partial charge in [-0.15, -0.1) is 0 Å². The summed E-state index contributed by atoms with van der Waals surface area (Å²) in [4.78, 5) is 22.2. The fourth-order valence-electron chi connectivity index (χ4n) is 4.56. The third-order valence-corrected chi connectivity index (χ3v) is 7.03. The molecule has 2 aliphatic rings. The average Bonchev–Trinajstić information content (AvgIpc) is 3.13. The Morgan fingerprint density at radius 3 is 2.55 bits per heavy atom. The molecule has 162 valence electrons. The minimum atomic E-state index is -3.76. The van der Waals surface area contributed by atoms with E-state index in [2.05, 4.69) is 20.3 Å². The van der Waals surface area contributed by atoms with Gasteiger partial charge >= 0.3 is 0 Å². The van der Waals surface area contributed by atoms with Crippen LogP contribution in [0.2, 0.25) is 0 Å². The van der Waals surface area contributed by atoms with Crippen molar-refractivity contribution in [3.05, 3.63) is 36.5 Å². The highest BCUT2D eigenvalue weighted by molar-refractivity contribution is 7.89. The monoisotopic (exact) mass is 441 g/mol. The van der Waals surface area contributed by atoms with E-state index in [1.807, 2.05) is 13.1 Å². The number of amides is 1. The van der Waals surface area contributed by atoms with E-state index < -0.39 is 15.6 Å². The lowest BCUT2D eigenvalue weighted by Crippen LogP contribution is -2.59. The Morgan fingerprint density at radius 2 is 1.87 bits per heavy atom. The van der Waals surface area contributed by atoms with Gasteiger partial charge in [0.2, 0.25) is 16.0 Å². The Labute approximate surface area is 179 Å². The van der Waals surface area contributed by atoms with Crippen LogP contribution in [0.25, 0.3) is 11.0 Å². The minimum Gasteiger partial charge on any atom is -0.324 e. The lowest BCUT2D eigenvalue weighted by atomic mass is 9.80. The topological polar surface area (TPSA) is 135 Å². The first-order chi connectivity index (χ1) is 14.8. The molecule has 0 atom stereocenters. The van der Waals surface area contributed by atoms with Gasteiger partial charge in [-0.25, -0.2) is 18.5 Å². The van der Waals surface area contributed by atoms with Gasteiger partial charge in [0, 0.05) is 24.3 Å². The zero-order valence-electron chi connectivity index (χ0n) is 17.0. The highest BCUT2D eigenvalue weighted by Crippen LogP contribution is 2.43. The van der Waals surface area contributed by atoms with E-state index >= 15 is 0 Å². The van der Waals surface area contributed by atoms with Gasteiger partial charge in [0.25, 0.3) is 5.91 Å². The first kappa shape index (κ1) is 19.8. The van der Waals surface area contributed by atoms with Crippen LogP contribution in [0, 0.1) is 0 Å². The van der Waals surface area contributed by atoms with Gasteiger partial charge < -0.3 is 5.32 Å². The number of fused-ring (bicyclic) bond motifs is 4. The molecule has 1 fully saturated rings. The van der Waals surface area contributed by atoms with Crippen LogP contribution in [-0.2, 0) is 20.4 Å². The second kappa shape index (κ2) is 6.92. The summed E-state index contributed by atoms with van der Waals surface area (Å²) in [6.45, 7) is 0. The molecule has 2 aromatic heterocycles. The van der Waals surface area contributed by atoms with Crippen molar-refractivity contribution in [2.45, 2.75) is 42.5 Å². The van der Waals surface area contributed by atoms with Crippen molar-refractivity contribution >= 4 is 44.4 Å². The standard InChI is InChI=1S/C20H23N7O3S/c1-26-16-11-13-12-22-19(23-14-5-7-15(8-6-14)31(21,29)30)24-17(13)27(16)20(18(28)25-26)9-3-2-4-10-20/h5-8,11-12H,2-4,9-10H2,1H3,(H,25,28)(H2,21,29,30)(H,22,23,24). The Kier molecular flexibility index (Phi) is 4.41. The summed E-state index contributed by atoms with van der Waals surface area (Å²) >= 11 is 0. The summed E-state index contributed by atoms with van der Waals surface area (Å²) in [6.07, 6.45) is 6.36. The molecule has 5 rings (SSSR count). The molecule has 1 aromatic carbocycles. The summed E-state index contributed by atoms with van der Waals surface area (Å²) in [7, 11) is -1.94. The van der Waals surface area contributed by atoms with Crippen molar-refractivity contribution in [1.82, 2.24) is 20.0 Å². The van der Waals surface area contributed by atoms with Crippen LogP contribution in [0.4, 0.5) is 17.5 Å². The third-order valence-electron chi connectivity index (χ3n) is 6.10. The van der Waals surface area contributed by atoms with Gasteiger partial charge in [0.15, 0.2) is 0 Å². The van der Waals surface area contributed by atoms with Crippen molar-refractivity contribution in [2.24, 2.45) is 5.14 Å². The van der Waals surface area contributed by atoms with Crippen LogP contribution in [0.3, 0.4) is 0 Å². The lowest BCUT2D eigenvalue weighted by molar-refractivity contribution is -0.132. The predicted octanol–water partition coefficient (Wildman–Crippen LogP) is 1.96. The molecular formula is C20H23N7O3S. The van der Waals surface area contributed by atoms with Gasteiger partial charge in [-0.05, 0) is 43.2 Å². The van der Waals surface area contributed by atoms with E-state index in [9.17, 15) is 13.2 Å². The number of nitrogens with zero attached hydrogens (tertiary/aromatic N) is 4. The second-order valence-corrected chi connectivity index (χ2v) is 9.66. The third kappa shape index (κ3) is 3.20. The quantitative estimate of drug-likeness (QED) is 0.565. The minimum absolute atomic E-state index is 0.00796. The van der Waals surface area contributed by atoms with E-state index in [0.29, 0.717) is 17.3 Å². The van der Waals surface area contributed by atoms with Crippen LogP contribution < -0.4 is 20.9 Å². The SMILES string of the molecule is CN1NC(=O)C2(CCCCC2)n2c1cc1cnc(Nc3ccc(S(N)(=O)=O)cc3)nc12. The smallest absolute Gasteiger partial charge is 0.264 e. The average molecular weight is 442 g/mol. The van der Waals surface area contributed by atoms with Crippen molar-refractivity contribution in [2.75, 3.05) is 17.4 Å². The van der Waals surface area contributed by atoms with Crippen molar-refractivity contribution < 1.29 is 13.2 Å². The number of hydrazine groups is 1.